The predicted molar refractivity (Wildman–Crippen MR) is 85.9 cm³/mol. The van der Waals surface area contributed by atoms with Crippen LogP contribution in [0.15, 0.2) is 30.6 Å². The van der Waals surface area contributed by atoms with Crippen LogP contribution in [0.5, 0.6) is 0 Å². The van der Waals surface area contributed by atoms with Crippen molar-refractivity contribution in [3.05, 3.63) is 58.7 Å². The summed E-state index contributed by atoms with van der Waals surface area (Å²) in [7, 11) is 1.10. The molecule has 0 aliphatic heterocycles. The molecule has 156 valence electrons. The van der Waals surface area contributed by atoms with Crippen molar-refractivity contribution in [2.75, 3.05) is 7.05 Å². The molecule has 1 aromatic heterocycles. The van der Waals surface area contributed by atoms with Crippen molar-refractivity contribution < 1.29 is 41.0 Å². The number of carbonyl (C=O) groups excluding carboxylic acids is 1. The second-order valence-electron chi connectivity index (χ2n) is 5.98. The quantitative estimate of drug-likeness (QED) is 0.754. The van der Waals surface area contributed by atoms with Crippen molar-refractivity contribution in [1.29, 1.82) is 0 Å². The lowest BCUT2D eigenvalue weighted by molar-refractivity contribution is -0.143. The summed E-state index contributed by atoms with van der Waals surface area (Å²) in [4.78, 5) is 32.0. The Balaban J connectivity index is 2.50. The van der Waals surface area contributed by atoms with E-state index >= 15 is 0 Å². The number of amides is 1. The lowest BCUT2D eigenvalue weighted by Gasteiger charge is -2.26. The molecule has 1 aromatic carbocycles. The number of nitrogens with zero attached hydrogens (tertiary/aromatic N) is 3. The van der Waals surface area contributed by atoms with Crippen molar-refractivity contribution in [2.24, 2.45) is 0 Å². The summed E-state index contributed by atoms with van der Waals surface area (Å²) in [6, 6.07) is -0.595. The van der Waals surface area contributed by atoms with E-state index in [2.05, 4.69) is 9.97 Å². The molecule has 0 bridgehead atoms. The van der Waals surface area contributed by atoms with Crippen LogP contribution in [0, 0.1) is 0 Å². The van der Waals surface area contributed by atoms with Gasteiger partial charge in [0.05, 0.1) is 22.9 Å². The monoisotopic (exact) mass is 421 g/mol. The number of hydrogen-bond acceptors (Lipinski definition) is 4. The molecule has 2 rings (SSSR count). The van der Waals surface area contributed by atoms with Crippen LogP contribution < -0.4 is 0 Å². The number of carboxylic acid groups (broad SMARTS) is 1. The van der Waals surface area contributed by atoms with E-state index in [4.69, 9.17) is 5.11 Å². The Labute approximate surface area is 159 Å². The van der Waals surface area contributed by atoms with Crippen molar-refractivity contribution >= 4 is 11.9 Å². The molecule has 0 saturated heterocycles. The van der Waals surface area contributed by atoms with E-state index in [0.717, 1.165) is 24.3 Å². The Hall–Kier alpha value is -3.18. The van der Waals surface area contributed by atoms with Gasteiger partial charge in [-0.2, -0.15) is 26.3 Å². The normalized spacial score (nSPS) is 13.1. The zero-order valence-electron chi connectivity index (χ0n) is 14.8. The van der Waals surface area contributed by atoms with Crippen molar-refractivity contribution in [3.63, 3.8) is 0 Å². The highest BCUT2D eigenvalue weighted by Crippen LogP contribution is 2.36. The van der Waals surface area contributed by atoms with E-state index in [1.807, 2.05) is 0 Å². The molecule has 0 spiro atoms. The van der Waals surface area contributed by atoms with Gasteiger partial charge in [0.15, 0.2) is 5.69 Å². The van der Waals surface area contributed by atoms with E-state index < -0.39 is 52.7 Å². The summed E-state index contributed by atoms with van der Waals surface area (Å²) in [6.07, 6.45) is -7.99. The third-order valence-corrected chi connectivity index (χ3v) is 4.06. The van der Waals surface area contributed by atoms with Crippen LogP contribution in [0.2, 0.25) is 0 Å². The van der Waals surface area contributed by atoms with Gasteiger partial charge in [-0.1, -0.05) is 0 Å². The Bertz CT molecular complexity index is 910. The summed E-state index contributed by atoms with van der Waals surface area (Å²) in [5.74, 6) is -2.64. The molecule has 1 N–H and O–H groups in total. The lowest BCUT2D eigenvalue weighted by Crippen LogP contribution is -2.32. The van der Waals surface area contributed by atoms with Gasteiger partial charge in [-0.3, -0.25) is 9.78 Å². The number of halogens is 6. The van der Waals surface area contributed by atoms with Gasteiger partial charge < -0.3 is 10.0 Å². The first-order valence-corrected chi connectivity index (χ1v) is 7.84. The first-order valence-electron chi connectivity index (χ1n) is 7.84. The van der Waals surface area contributed by atoms with Crippen LogP contribution in [-0.4, -0.2) is 38.9 Å². The molecular formula is C17H13F6N3O3. The highest BCUT2D eigenvalue weighted by atomic mass is 19.4. The molecule has 1 heterocycles. The molecule has 2 aromatic rings. The average molecular weight is 421 g/mol. The number of aromatic nitrogens is 2. The minimum absolute atomic E-state index is 0.0919. The summed E-state index contributed by atoms with van der Waals surface area (Å²) in [5.41, 5.74) is -4.81. The van der Waals surface area contributed by atoms with E-state index in [1.54, 1.807) is 0 Å². The van der Waals surface area contributed by atoms with Gasteiger partial charge in [0.1, 0.15) is 0 Å². The highest BCUT2D eigenvalue weighted by molar-refractivity contribution is 5.95. The van der Waals surface area contributed by atoms with Crippen LogP contribution >= 0.6 is 0 Å². The topological polar surface area (TPSA) is 83.4 Å². The maximum Gasteiger partial charge on any atom is 0.416 e. The molecule has 1 amide bonds. The van der Waals surface area contributed by atoms with E-state index in [1.165, 1.54) is 6.92 Å². The molecule has 1 atom stereocenters. The van der Waals surface area contributed by atoms with Crippen molar-refractivity contribution in [1.82, 2.24) is 14.9 Å². The average Bonchev–Trinajstić information content (AvgIpc) is 2.64. The molecule has 0 aliphatic carbocycles. The van der Waals surface area contributed by atoms with Gasteiger partial charge >= 0.3 is 18.3 Å². The van der Waals surface area contributed by atoms with Crippen LogP contribution in [0.1, 0.15) is 50.6 Å². The van der Waals surface area contributed by atoms with Gasteiger partial charge in [-0.25, -0.2) is 9.78 Å². The van der Waals surface area contributed by atoms with Gasteiger partial charge in [0.2, 0.25) is 0 Å². The number of carboxylic acids is 1. The molecule has 12 heteroatoms. The van der Waals surface area contributed by atoms with E-state index in [0.29, 0.717) is 12.1 Å². The third kappa shape index (κ3) is 4.81. The number of aromatic carboxylic acids is 1. The van der Waals surface area contributed by atoms with Gasteiger partial charge in [0, 0.05) is 25.0 Å². The third-order valence-electron chi connectivity index (χ3n) is 4.06. The van der Waals surface area contributed by atoms with E-state index in [-0.39, 0.29) is 11.8 Å². The number of hydrogen-bond donors (Lipinski definition) is 1. The predicted octanol–water partition coefficient (Wildman–Crippen LogP) is 4.05. The molecule has 1 unspecified atom stereocenters. The first-order chi connectivity index (χ1) is 13.2. The second-order valence-corrected chi connectivity index (χ2v) is 5.98. The van der Waals surface area contributed by atoms with E-state index in [9.17, 15) is 35.9 Å². The SMILES string of the molecule is CC(c1nccnc1C(=O)O)N(C)C(=O)c1cc(C(F)(F)F)cc(C(F)(F)F)c1. The van der Waals surface area contributed by atoms with Crippen LogP contribution in [0.3, 0.4) is 0 Å². The second kappa shape index (κ2) is 7.68. The largest absolute Gasteiger partial charge is 0.476 e. The number of benzene rings is 1. The summed E-state index contributed by atoms with van der Waals surface area (Å²) in [5, 5.41) is 9.15. The molecule has 29 heavy (non-hydrogen) atoms. The number of carbonyl (C=O) groups is 2. The smallest absolute Gasteiger partial charge is 0.416 e. The Kier molecular flexibility index (Phi) is 5.86. The molecular weight excluding hydrogens is 408 g/mol. The van der Waals surface area contributed by atoms with Crippen molar-refractivity contribution in [3.8, 4) is 0 Å². The molecule has 6 nitrogen and oxygen atoms in total. The Morgan fingerprint density at radius 3 is 1.90 bits per heavy atom. The summed E-state index contributed by atoms with van der Waals surface area (Å²) < 4.78 is 77.9. The molecule has 0 radical (unpaired) electrons. The maximum absolute atomic E-state index is 13.0. The van der Waals surface area contributed by atoms with Crippen molar-refractivity contribution in [2.45, 2.75) is 25.3 Å². The van der Waals surface area contributed by atoms with Crippen LogP contribution in [0.25, 0.3) is 0 Å². The summed E-state index contributed by atoms with van der Waals surface area (Å²) in [6.45, 7) is 1.31. The van der Waals surface area contributed by atoms with Gasteiger partial charge in [-0.15, -0.1) is 0 Å². The minimum atomic E-state index is -5.11. The van der Waals surface area contributed by atoms with Gasteiger partial charge in [-0.05, 0) is 25.1 Å². The van der Waals surface area contributed by atoms with Crippen LogP contribution in [0.4, 0.5) is 26.3 Å². The Morgan fingerprint density at radius 1 is 0.966 bits per heavy atom. The zero-order chi connectivity index (χ0) is 22.1. The molecule has 0 aliphatic rings. The Morgan fingerprint density at radius 2 is 1.45 bits per heavy atom. The molecule has 0 saturated carbocycles. The first kappa shape index (κ1) is 22.1. The highest BCUT2D eigenvalue weighted by Gasteiger charge is 2.38. The fraction of sp³-hybridized carbons (Fsp3) is 0.294. The lowest BCUT2D eigenvalue weighted by atomic mass is 10.0. The number of rotatable bonds is 4. The minimum Gasteiger partial charge on any atom is -0.476 e. The summed E-state index contributed by atoms with van der Waals surface area (Å²) >= 11 is 0. The molecule has 0 fully saturated rings. The van der Waals surface area contributed by atoms with Gasteiger partial charge in [0.25, 0.3) is 5.91 Å². The standard InChI is InChI=1S/C17H13F6N3O3/c1-8(12-13(15(28)29)25-4-3-24-12)26(2)14(27)9-5-10(16(18,19)20)7-11(6-9)17(21,22)23/h3-8H,1-2H3,(H,28,29). The maximum atomic E-state index is 13.0. The fourth-order valence-electron chi connectivity index (χ4n) is 2.46. The fourth-order valence-corrected chi connectivity index (χ4v) is 2.46. The number of alkyl halides is 6. The van der Waals surface area contributed by atoms with Crippen LogP contribution in [-0.2, 0) is 12.4 Å². The zero-order valence-corrected chi connectivity index (χ0v) is 14.8.